The van der Waals surface area contributed by atoms with Crippen molar-refractivity contribution in [1.29, 1.82) is 0 Å². The number of esters is 1. The molecule has 4 heteroatoms. The Morgan fingerprint density at radius 2 is 1.93 bits per heavy atom. The van der Waals surface area contributed by atoms with Crippen LogP contribution in [0.1, 0.15) is 47.0 Å². The first-order valence-corrected chi connectivity index (χ1v) is 5.23. The van der Waals surface area contributed by atoms with E-state index in [0.29, 0.717) is 6.42 Å². The molecule has 1 atom stereocenters. The molecule has 0 saturated heterocycles. The number of ether oxygens (including phenoxy) is 1. The van der Waals surface area contributed by atoms with E-state index in [2.05, 4.69) is 0 Å². The molecule has 15 heavy (non-hydrogen) atoms. The summed E-state index contributed by atoms with van der Waals surface area (Å²) in [4.78, 5) is 22.5. The maximum atomic E-state index is 11.7. The zero-order valence-electron chi connectivity index (χ0n) is 9.87. The van der Waals surface area contributed by atoms with E-state index in [9.17, 15) is 14.7 Å². The lowest BCUT2D eigenvalue weighted by Crippen LogP contribution is -2.42. The van der Waals surface area contributed by atoms with Crippen molar-refractivity contribution in [3.05, 3.63) is 0 Å². The highest BCUT2D eigenvalue weighted by Gasteiger charge is 2.33. The van der Waals surface area contributed by atoms with Crippen molar-refractivity contribution in [2.75, 3.05) is 0 Å². The molecule has 88 valence electrons. The first kappa shape index (κ1) is 14.1. The van der Waals surface area contributed by atoms with Crippen molar-refractivity contribution >= 4 is 11.8 Å². The quantitative estimate of drug-likeness (QED) is 0.682. The van der Waals surface area contributed by atoms with Gasteiger partial charge in [0.2, 0.25) is 5.78 Å². The smallest absolute Gasteiger partial charge is 0.303 e. The van der Waals surface area contributed by atoms with Gasteiger partial charge in [0, 0.05) is 6.92 Å². The predicted octanol–water partition coefficient (Wildman–Crippen LogP) is 1.45. The Labute approximate surface area is 90.6 Å². The number of carbonyl (C=O) groups excluding carboxylic acids is 2. The number of unbranched alkanes of at least 4 members (excludes halogenated alkanes) is 1. The van der Waals surface area contributed by atoms with E-state index in [-0.39, 0.29) is 0 Å². The van der Waals surface area contributed by atoms with Gasteiger partial charge in [-0.15, -0.1) is 0 Å². The van der Waals surface area contributed by atoms with Crippen LogP contribution in [0.25, 0.3) is 0 Å². The number of carbonyl (C=O) groups is 2. The highest BCUT2D eigenvalue weighted by molar-refractivity contribution is 5.91. The molecule has 0 amide bonds. The Balaban J connectivity index is 4.47. The SMILES string of the molecule is CCCCC(OC(C)=O)C(=O)C(C)(C)O. The maximum absolute atomic E-state index is 11.7. The third kappa shape index (κ3) is 5.52. The average Bonchev–Trinajstić information content (AvgIpc) is 2.09. The molecule has 0 aromatic carbocycles. The van der Waals surface area contributed by atoms with Crippen molar-refractivity contribution in [3.63, 3.8) is 0 Å². The molecule has 0 aromatic rings. The van der Waals surface area contributed by atoms with Crippen LogP contribution in [0.15, 0.2) is 0 Å². The fourth-order valence-corrected chi connectivity index (χ4v) is 1.23. The summed E-state index contributed by atoms with van der Waals surface area (Å²) in [6.45, 7) is 6.05. The van der Waals surface area contributed by atoms with Crippen LogP contribution in [-0.4, -0.2) is 28.6 Å². The number of hydrogen-bond donors (Lipinski definition) is 1. The molecule has 0 bridgehead atoms. The molecule has 1 N–H and O–H groups in total. The summed E-state index contributed by atoms with van der Waals surface area (Å²) in [6.07, 6.45) is 1.36. The highest BCUT2D eigenvalue weighted by atomic mass is 16.5. The molecule has 1 unspecified atom stereocenters. The van der Waals surface area contributed by atoms with Crippen LogP contribution >= 0.6 is 0 Å². The van der Waals surface area contributed by atoms with Crippen LogP contribution in [0.2, 0.25) is 0 Å². The lowest BCUT2D eigenvalue weighted by Gasteiger charge is -2.23. The second kappa shape index (κ2) is 5.85. The lowest BCUT2D eigenvalue weighted by molar-refractivity contribution is -0.160. The van der Waals surface area contributed by atoms with Crippen LogP contribution in [-0.2, 0) is 14.3 Å². The van der Waals surface area contributed by atoms with Gasteiger partial charge in [-0.1, -0.05) is 13.3 Å². The predicted molar refractivity (Wildman–Crippen MR) is 56.4 cm³/mol. The van der Waals surface area contributed by atoms with Gasteiger partial charge in [-0.2, -0.15) is 0 Å². The van der Waals surface area contributed by atoms with E-state index in [0.717, 1.165) is 12.8 Å². The van der Waals surface area contributed by atoms with Crippen molar-refractivity contribution in [1.82, 2.24) is 0 Å². The summed E-state index contributed by atoms with van der Waals surface area (Å²) in [6, 6.07) is 0. The van der Waals surface area contributed by atoms with Crippen LogP contribution in [0.5, 0.6) is 0 Å². The average molecular weight is 216 g/mol. The standard InChI is InChI=1S/C11H20O4/c1-5-6-7-9(15-8(2)12)10(13)11(3,4)14/h9,14H,5-7H2,1-4H3. The summed E-state index contributed by atoms with van der Waals surface area (Å²) in [5.74, 6) is -0.931. The van der Waals surface area contributed by atoms with Gasteiger partial charge in [0.1, 0.15) is 5.60 Å². The van der Waals surface area contributed by atoms with Crippen LogP contribution in [0.4, 0.5) is 0 Å². The van der Waals surface area contributed by atoms with E-state index in [1.54, 1.807) is 0 Å². The van der Waals surface area contributed by atoms with Gasteiger partial charge in [-0.25, -0.2) is 0 Å². The second-order valence-electron chi connectivity index (χ2n) is 4.16. The first-order chi connectivity index (χ1) is 6.79. The van der Waals surface area contributed by atoms with Gasteiger partial charge in [-0.05, 0) is 26.7 Å². The normalized spacial score (nSPS) is 13.4. The number of Topliss-reactive ketones (excluding diaryl/α,β-unsaturated/α-hetero) is 1. The van der Waals surface area contributed by atoms with Crippen LogP contribution in [0, 0.1) is 0 Å². The molecule has 0 saturated carbocycles. The largest absolute Gasteiger partial charge is 0.454 e. The van der Waals surface area contributed by atoms with Gasteiger partial charge in [0.15, 0.2) is 6.10 Å². The van der Waals surface area contributed by atoms with Crippen LogP contribution in [0.3, 0.4) is 0 Å². The van der Waals surface area contributed by atoms with Gasteiger partial charge in [-0.3, -0.25) is 9.59 Å². The fourth-order valence-electron chi connectivity index (χ4n) is 1.23. The molecule has 4 nitrogen and oxygen atoms in total. The van der Waals surface area contributed by atoms with Gasteiger partial charge in [0.25, 0.3) is 0 Å². The zero-order chi connectivity index (χ0) is 12.1. The fraction of sp³-hybridized carbons (Fsp3) is 0.818. The highest BCUT2D eigenvalue weighted by Crippen LogP contribution is 2.14. The summed E-state index contributed by atoms with van der Waals surface area (Å²) >= 11 is 0. The minimum atomic E-state index is -1.45. The number of ketones is 1. The topological polar surface area (TPSA) is 63.6 Å². The summed E-state index contributed by atoms with van der Waals surface area (Å²) < 4.78 is 4.89. The van der Waals surface area contributed by atoms with Gasteiger partial charge < -0.3 is 9.84 Å². The Morgan fingerprint density at radius 3 is 2.27 bits per heavy atom. The third-order valence-corrected chi connectivity index (χ3v) is 2.02. The number of hydrogen-bond acceptors (Lipinski definition) is 4. The third-order valence-electron chi connectivity index (χ3n) is 2.02. The van der Waals surface area contributed by atoms with E-state index >= 15 is 0 Å². The van der Waals surface area contributed by atoms with Gasteiger partial charge in [0.05, 0.1) is 0 Å². The van der Waals surface area contributed by atoms with E-state index in [4.69, 9.17) is 4.74 Å². The monoisotopic (exact) mass is 216 g/mol. The van der Waals surface area contributed by atoms with Crippen molar-refractivity contribution in [2.45, 2.75) is 58.7 Å². The Morgan fingerprint density at radius 1 is 1.40 bits per heavy atom. The molecule has 0 spiro atoms. The Kier molecular flexibility index (Phi) is 5.50. The maximum Gasteiger partial charge on any atom is 0.303 e. The van der Waals surface area contributed by atoms with Crippen molar-refractivity contribution in [3.8, 4) is 0 Å². The van der Waals surface area contributed by atoms with Crippen molar-refractivity contribution < 1.29 is 19.4 Å². The van der Waals surface area contributed by atoms with Crippen molar-refractivity contribution in [2.24, 2.45) is 0 Å². The molecular weight excluding hydrogens is 196 g/mol. The molecule has 0 rings (SSSR count). The van der Waals surface area contributed by atoms with E-state index < -0.39 is 23.5 Å². The van der Waals surface area contributed by atoms with E-state index in [1.165, 1.54) is 20.8 Å². The van der Waals surface area contributed by atoms with Crippen LogP contribution < -0.4 is 0 Å². The molecule has 0 aromatic heterocycles. The molecule has 0 aliphatic carbocycles. The molecule has 0 radical (unpaired) electrons. The van der Waals surface area contributed by atoms with Gasteiger partial charge >= 0.3 is 5.97 Å². The number of aliphatic hydroxyl groups is 1. The molecule has 0 heterocycles. The second-order valence-corrected chi connectivity index (χ2v) is 4.16. The molecule has 0 aliphatic rings. The first-order valence-electron chi connectivity index (χ1n) is 5.23. The minimum Gasteiger partial charge on any atom is -0.454 e. The summed E-state index contributed by atoms with van der Waals surface area (Å²) in [5, 5.41) is 9.53. The minimum absolute atomic E-state index is 0.439. The summed E-state index contributed by atoms with van der Waals surface area (Å²) in [7, 11) is 0. The molecule has 0 aliphatic heterocycles. The molecule has 0 fully saturated rings. The zero-order valence-corrected chi connectivity index (χ0v) is 9.87. The lowest BCUT2D eigenvalue weighted by atomic mass is 9.96. The Bertz CT molecular complexity index is 227. The Hall–Kier alpha value is -0.900. The molecular formula is C11H20O4. The summed E-state index contributed by atoms with van der Waals surface area (Å²) in [5.41, 5.74) is -1.45. The number of rotatable bonds is 6. The van der Waals surface area contributed by atoms with E-state index in [1.807, 2.05) is 6.92 Å².